The lowest BCUT2D eigenvalue weighted by Gasteiger charge is -2.04. The van der Waals surface area contributed by atoms with E-state index in [0.29, 0.717) is 17.1 Å². The highest BCUT2D eigenvalue weighted by atomic mass is 16.5. The first kappa shape index (κ1) is 14.7. The number of nitrogens with one attached hydrogen (secondary N) is 1. The van der Waals surface area contributed by atoms with Gasteiger partial charge in [-0.05, 0) is 30.3 Å². The number of benzene rings is 2. The van der Waals surface area contributed by atoms with Crippen molar-refractivity contribution in [2.24, 2.45) is 0 Å². The molecule has 0 aliphatic rings. The van der Waals surface area contributed by atoms with Crippen LogP contribution in [0.1, 0.15) is 5.69 Å². The lowest BCUT2D eigenvalue weighted by atomic mass is 10.3. The Hall–Kier alpha value is -3.21. The second-order valence-corrected chi connectivity index (χ2v) is 4.84. The van der Waals surface area contributed by atoms with Crippen LogP contribution in [0.15, 0.2) is 60.8 Å². The Morgan fingerprint density at radius 1 is 1.13 bits per heavy atom. The van der Waals surface area contributed by atoms with E-state index >= 15 is 0 Å². The summed E-state index contributed by atoms with van der Waals surface area (Å²) >= 11 is 0. The molecule has 0 fully saturated rings. The van der Waals surface area contributed by atoms with Crippen LogP contribution in [0.5, 0.6) is 5.75 Å². The number of carbonyl (C=O) groups is 1. The second kappa shape index (κ2) is 6.70. The molecular formula is C18H15N3O2. The van der Waals surface area contributed by atoms with Gasteiger partial charge in [0, 0.05) is 17.8 Å². The number of carbonyl (C=O) groups excluding carboxylic acids is 1. The minimum absolute atomic E-state index is 0.242. The van der Waals surface area contributed by atoms with Crippen molar-refractivity contribution in [2.75, 3.05) is 12.4 Å². The van der Waals surface area contributed by atoms with Crippen molar-refractivity contribution in [3.8, 4) is 5.75 Å². The summed E-state index contributed by atoms with van der Waals surface area (Å²) in [6.07, 6.45) is 4.70. The number of amides is 1. The van der Waals surface area contributed by atoms with E-state index in [0.717, 1.165) is 11.0 Å². The number of hydrogen-bond acceptors (Lipinski definition) is 4. The molecule has 1 aromatic heterocycles. The Morgan fingerprint density at radius 2 is 1.96 bits per heavy atom. The van der Waals surface area contributed by atoms with E-state index < -0.39 is 0 Å². The van der Waals surface area contributed by atoms with E-state index in [1.807, 2.05) is 36.4 Å². The quantitative estimate of drug-likeness (QED) is 0.751. The Labute approximate surface area is 133 Å². The van der Waals surface area contributed by atoms with Crippen LogP contribution < -0.4 is 10.1 Å². The van der Waals surface area contributed by atoms with Crippen molar-refractivity contribution >= 4 is 28.7 Å². The molecule has 1 heterocycles. The zero-order valence-electron chi connectivity index (χ0n) is 12.6. The van der Waals surface area contributed by atoms with Gasteiger partial charge in [0.1, 0.15) is 5.75 Å². The minimum atomic E-state index is -0.242. The van der Waals surface area contributed by atoms with Crippen molar-refractivity contribution in [3.63, 3.8) is 0 Å². The number of hydrogen-bond donors (Lipinski definition) is 1. The number of methoxy groups -OCH3 is 1. The Balaban J connectivity index is 1.71. The van der Waals surface area contributed by atoms with Crippen molar-refractivity contribution < 1.29 is 9.53 Å². The average molecular weight is 305 g/mol. The summed E-state index contributed by atoms with van der Waals surface area (Å²) in [6, 6.07) is 14.8. The van der Waals surface area contributed by atoms with Crippen LogP contribution >= 0.6 is 0 Å². The highest BCUT2D eigenvalue weighted by molar-refractivity contribution is 6.01. The second-order valence-electron chi connectivity index (χ2n) is 4.84. The molecule has 0 radical (unpaired) electrons. The van der Waals surface area contributed by atoms with E-state index in [1.165, 1.54) is 6.08 Å². The van der Waals surface area contributed by atoms with E-state index in [4.69, 9.17) is 4.74 Å². The van der Waals surface area contributed by atoms with Crippen LogP contribution in [0.4, 0.5) is 5.69 Å². The maximum Gasteiger partial charge on any atom is 0.248 e. The smallest absolute Gasteiger partial charge is 0.248 e. The molecule has 0 atom stereocenters. The van der Waals surface area contributed by atoms with Gasteiger partial charge in [-0.25, -0.2) is 4.98 Å². The molecule has 114 valence electrons. The fraction of sp³-hybridized carbons (Fsp3) is 0.0556. The van der Waals surface area contributed by atoms with Gasteiger partial charge in [0.2, 0.25) is 5.91 Å². The summed E-state index contributed by atoms with van der Waals surface area (Å²) in [6.45, 7) is 0. The summed E-state index contributed by atoms with van der Waals surface area (Å²) in [5.74, 6) is 0.445. The fourth-order valence-electron chi connectivity index (χ4n) is 2.10. The van der Waals surface area contributed by atoms with Crippen LogP contribution in [0.3, 0.4) is 0 Å². The van der Waals surface area contributed by atoms with Gasteiger partial charge < -0.3 is 10.1 Å². The number of para-hydroxylation sites is 2. The lowest BCUT2D eigenvalue weighted by molar-refractivity contribution is -0.111. The van der Waals surface area contributed by atoms with Gasteiger partial charge in [0.05, 0.1) is 30.0 Å². The van der Waals surface area contributed by atoms with Gasteiger partial charge in [-0.3, -0.25) is 9.78 Å². The molecule has 0 saturated heterocycles. The van der Waals surface area contributed by atoms with Gasteiger partial charge in [-0.2, -0.15) is 0 Å². The molecule has 0 saturated carbocycles. The number of rotatable bonds is 4. The SMILES string of the molecule is COc1cccc(NC(=O)/C=C/c2cnc3ccccc3n2)c1. The summed E-state index contributed by atoms with van der Waals surface area (Å²) in [7, 11) is 1.58. The van der Waals surface area contributed by atoms with E-state index in [1.54, 1.807) is 31.5 Å². The number of ether oxygens (including phenoxy) is 1. The monoisotopic (exact) mass is 305 g/mol. The lowest BCUT2D eigenvalue weighted by Crippen LogP contribution is -2.07. The molecule has 0 bridgehead atoms. The fourth-order valence-corrected chi connectivity index (χ4v) is 2.10. The maximum absolute atomic E-state index is 12.0. The molecule has 0 spiro atoms. The van der Waals surface area contributed by atoms with Crippen LogP contribution in [0.2, 0.25) is 0 Å². The standard InChI is InChI=1S/C18H15N3O2/c1-23-15-6-4-5-13(11-15)21-18(22)10-9-14-12-19-16-7-2-3-8-17(16)20-14/h2-12H,1H3,(H,21,22)/b10-9+. The van der Waals surface area contributed by atoms with Crippen molar-refractivity contribution in [1.29, 1.82) is 0 Å². The van der Waals surface area contributed by atoms with Crippen molar-refractivity contribution in [2.45, 2.75) is 0 Å². The molecule has 0 unspecified atom stereocenters. The van der Waals surface area contributed by atoms with Crippen molar-refractivity contribution in [1.82, 2.24) is 9.97 Å². The maximum atomic E-state index is 12.0. The van der Waals surface area contributed by atoms with E-state index in [2.05, 4.69) is 15.3 Å². The van der Waals surface area contributed by atoms with Gasteiger partial charge in [0.15, 0.2) is 0 Å². The summed E-state index contributed by atoms with van der Waals surface area (Å²) in [5, 5.41) is 2.77. The molecule has 0 aliphatic heterocycles. The van der Waals surface area contributed by atoms with E-state index in [-0.39, 0.29) is 5.91 Å². The summed E-state index contributed by atoms with van der Waals surface area (Å²) in [5.41, 5.74) is 2.92. The molecule has 23 heavy (non-hydrogen) atoms. The average Bonchev–Trinajstić information content (AvgIpc) is 2.60. The van der Waals surface area contributed by atoms with Crippen LogP contribution in [-0.2, 0) is 4.79 Å². The predicted molar refractivity (Wildman–Crippen MR) is 90.2 cm³/mol. The molecule has 3 aromatic rings. The topological polar surface area (TPSA) is 64.1 Å². The first-order valence-electron chi connectivity index (χ1n) is 7.09. The Morgan fingerprint density at radius 3 is 2.78 bits per heavy atom. The highest BCUT2D eigenvalue weighted by Gasteiger charge is 2.01. The summed E-state index contributed by atoms with van der Waals surface area (Å²) < 4.78 is 5.12. The first-order chi connectivity index (χ1) is 11.2. The largest absolute Gasteiger partial charge is 0.497 e. The third-order valence-corrected chi connectivity index (χ3v) is 3.21. The van der Waals surface area contributed by atoms with Crippen LogP contribution in [0.25, 0.3) is 17.1 Å². The Kier molecular flexibility index (Phi) is 4.29. The van der Waals surface area contributed by atoms with Gasteiger partial charge in [0.25, 0.3) is 0 Å². The van der Waals surface area contributed by atoms with Crippen molar-refractivity contribution in [3.05, 3.63) is 66.5 Å². The molecule has 1 N–H and O–H groups in total. The molecule has 5 heteroatoms. The summed E-state index contributed by atoms with van der Waals surface area (Å²) in [4.78, 5) is 20.7. The molecule has 0 aliphatic carbocycles. The molecule has 3 rings (SSSR count). The van der Waals surface area contributed by atoms with Gasteiger partial charge in [-0.1, -0.05) is 18.2 Å². The number of fused-ring (bicyclic) bond motifs is 1. The molecule has 5 nitrogen and oxygen atoms in total. The predicted octanol–water partition coefficient (Wildman–Crippen LogP) is 3.29. The van der Waals surface area contributed by atoms with Gasteiger partial charge >= 0.3 is 0 Å². The zero-order chi connectivity index (χ0) is 16.1. The minimum Gasteiger partial charge on any atom is -0.497 e. The number of aromatic nitrogens is 2. The number of nitrogens with zero attached hydrogens (tertiary/aromatic N) is 2. The third kappa shape index (κ3) is 3.71. The first-order valence-corrected chi connectivity index (χ1v) is 7.09. The number of anilines is 1. The highest BCUT2D eigenvalue weighted by Crippen LogP contribution is 2.16. The Bertz CT molecular complexity index is 875. The normalized spacial score (nSPS) is 10.8. The molecule has 2 aromatic carbocycles. The van der Waals surface area contributed by atoms with Crippen LogP contribution in [0, 0.1) is 0 Å². The zero-order valence-corrected chi connectivity index (χ0v) is 12.6. The van der Waals surface area contributed by atoms with E-state index in [9.17, 15) is 4.79 Å². The van der Waals surface area contributed by atoms with Gasteiger partial charge in [-0.15, -0.1) is 0 Å². The van der Waals surface area contributed by atoms with Crippen LogP contribution in [-0.4, -0.2) is 23.0 Å². The third-order valence-electron chi connectivity index (χ3n) is 3.21. The molecule has 1 amide bonds. The molecular weight excluding hydrogens is 290 g/mol.